The van der Waals surface area contributed by atoms with Crippen molar-refractivity contribution < 1.29 is 23.9 Å². The Balaban J connectivity index is 1.36. The number of piperazine rings is 1. The SMILES string of the molecule is CCOC(=O)N1CCN(C(=O)C2CCC(C(=O)NCC3CCCO3)CC2)CC1. The van der Waals surface area contributed by atoms with Crippen LogP contribution in [0, 0.1) is 11.8 Å². The second-order valence-electron chi connectivity index (χ2n) is 7.94. The topological polar surface area (TPSA) is 88.2 Å². The van der Waals surface area contributed by atoms with Gasteiger partial charge in [-0.1, -0.05) is 0 Å². The van der Waals surface area contributed by atoms with E-state index in [1.54, 1.807) is 11.8 Å². The highest BCUT2D eigenvalue weighted by Crippen LogP contribution is 2.30. The molecule has 0 aromatic rings. The lowest BCUT2D eigenvalue weighted by molar-refractivity contribution is -0.139. The van der Waals surface area contributed by atoms with E-state index in [0.717, 1.165) is 45.1 Å². The van der Waals surface area contributed by atoms with Gasteiger partial charge < -0.3 is 24.6 Å². The highest BCUT2D eigenvalue weighted by molar-refractivity contribution is 5.81. The van der Waals surface area contributed by atoms with Crippen LogP contribution in [0.2, 0.25) is 0 Å². The monoisotopic (exact) mass is 395 g/mol. The number of amides is 3. The zero-order valence-electron chi connectivity index (χ0n) is 16.9. The Morgan fingerprint density at radius 2 is 1.61 bits per heavy atom. The summed E-state index contributed by atoms with van der Waals surface area (Å²) in [6, 6.07) is 0. The van der Waals surface area contributed by atoms with Crippen LogP contribution in [0.4, 0.5) is 4.79 Å². The summed E-state index contributed by atoms with van der Waals surface area (Å²) in [7, 11) is 0. The molecule has 3 amide bonds. The highest BCUT2D eigenvalue weighted by Gasteiger charge is 2.34. The number of carbonyl (C=O) groups excluding carboxylic acids is 3. The minimum atomic E-state index is -0.302. The number of rotatable bonds is 5. The summed E-state index contributed by atoms with van der Waals surface area (Å²) in [6.45, 7) is 5.69. The molecule has 1 atom stereocenters. The van der Waals surface area contributed by atoms with Gasteiger partial charge in [0.05, 0.1) is 12.7 Å². The molecule has 1 N–H and O–H groups in total. The van der Waals surface area contributed by atoms with Crippen molar-refractivity contribution in [3.05, 3.63) is 0 Å². The molecule has 0 radical (unpaired) electrons. The van der Waals surface area contributed by atoms with Crippen molar-refractivity contribution in [2.75, 3.05) is 45.9 Å². The molecule has 0 bridgehead atoms. The minimum absolute atomic E-state index is 0.00337. The molecule has 158 valence electrons. The van der Waals surface area contributed by atoms with Crippen molar-refractivity contribution in [2.24, 2.45) is 11.8 Å². The van der Waals surface area contributed by atoms with Gasteiger partial charge in [0.15, 0.2) is 0 Å². The van der Waals surface area contributed by atoms with Crippen LogP contribution in [0.3, 0.4) is 0 Å². The molecule has 3 rings (SSSR count). The molecule has 1 aliphatic carbocycles. The third-order valence-corrected chi connectivity index (χ3v) is 6.09. The van der Waals surface area contributed by atoms with Crippen LogP contribution < -0.4 is 5.32 Å². The molecule has 2 heterocycles. The molecule has 28 heavy (non-hydrogen) atoms. The highest BCUT2D eigenvalue weighted by atomic mass is 16.6. The summed E-state index contributed by atoms with van der Waals surface area (Å²) in [5, 5.41) is 3.02. The van der Waals surface area contributed by atoms with Gasteiger partial charge in [0.1, 0.15) is 0 Å². The van der Waals surface area contributed by atoms with Crippen LogP contribution >= 0.6 is 0 Å². The number of nitrogens with one attached hydrogen (secondary N) is 1. The van der Waals surface area contributed by atoms with Gasteiger partial charge in [-0.25, -0.2) is 4.79 Å². The van der Waals surface area contributed by atoms with E-state index < -0.39 is 0 Å². The summed E-state index contributed by atoms with van der Waals surface area (Å²) >= 11 is 0. The fourth-order valence-corrected chi connectivity index (χ4v) is 4.35. The van der Waals surface area contributed by atoms with Crippen molar-refractivity contribution in [1.82, 2.24) is 15.1 Å². The molecule has 8 nitrogen and oxygen atoms in total. The van der Waals surface area contributed by atoms with Gasteiger partial charge >= 0.3 is 6.09 Å². The first-order chi connectivity index (χ1) is 13.6. The summed E-state index contributed by atoms with van der Waals surface area (Å²) in [5.41, 5.74) is 0. The van der Waals surface area contributed by atoms with Gasteiger partial charge in [-0.2, -0.15) is 0 Å². The zero-order chi connectivity index (χ0) is 19.9. The van der Waals surface area contributed by atoms with Gasteiger partial charge in [-0.05, 0) is 45.4 Å². The van der Waals surface area contributed by atoms with E-state index >= 15 is 0 Å². The molecule has 1 saturated carbocycles. The van der Waals surface area contributed by atoms with Crippen LogP contribution in [0.25, 0.3) is 0 Å². The lowest BCUT2D eigenvalue weighted by Gasteiger charge is -2.37. The van der Waals surface area contributed by atoms with Crippen LogP contribution in [-0.2, 0) is 19.1 Å². The minimum Gasteiger partial charge on any atom is -0.450 e. The molecule has 3 aliphatic rings. The molecular weight excluding hydrogens is 362 g/mol. The second-order valence-corrected chi connectivity index (χ2v) is 7.94. The van der Waals surface area contributed by atoms with Crippen LogP contribution in [-0.4, -0.2) is 79.7 Å². The Kier molecular flexibility index (Phi) is 7.53. The molecule has 2 aliphatic heterocycles. The number of carbonyl (C=O) groups is 3. The summed E-state index contributed by atoms with van der Waals surface area (Å²) < 4.78 is 10.6. The Morgan fingerprint density at radius 1 is 0.964 bits per heavy atom. The van der Waals surface area contributed by atoms with Crippen molar-refractivity contribution in [3.63, 3.8) is 0 Å². The second kappa shape index (κ2) is 10.1. The van der Waals surface area contributed by atoms with E-state index in [2.05, 4.69) is 5.32 Å². The molecule has 2 saturated heterocycles. The first-order valence-corrected chi connectivity index (χ1v) is 10.7. The Hall–Kier alpha value is -1.83. The molecule has 1 unspecified atom stereocenters. The van der Waals surface area contributed by atoms with Gasteiger partial charge in [0.2, 0.25) is 11.8 Å². The number of hydrogen-bond donors (Lipinski definition) is 1. The summed E-state index contributed by atoms with van der Waals surface area (Å²) in [5.74, 6) is 0.272. The Labute approximate surface area is 166 Å². The summed E-state index contributed by atoms with van der Waals surface area (Å²) in [6.07, 6.45) is 4.99. The number of nitrogens with zero attached hydrogens (tertiary/aromatic N) is 2. The summed E-state index contributed by atoms with van der Waals surface area (Å²) in [4.78, 5) is 40.5. The van der Waals surface area contributed by atoms with Crippen LogP contribution in [0.1, 0.15) is 45.4 Å². The van der Waals surface area contributed by atoms with E-state index in [1.165, 1.54) is 0 Å². The lowest BCUT2D eigenvalue weighted by Crippen LogP contribution is -2.52. The van der Waals surface area contributed by atoms with Crippen molar-refractivity contribution >= 4 is 17.9 Å². The van der Waals surface area contributed by atoms with Crippen LogP contribution in [0.5, 0.6) is 0 Å². The van der Waals surface area contributed by atoms with Gasteiger partial charge in [-0.15, -0.1) is 0 Å². The quantitative estimate of drug-likeness (QED) is 0.760. The molecule has 8 heteroatoms. The van der Waals surface area contributed by atoms with E-state index in [-0.39, 0.29) is 35.8 Å². The molecule has 3 fully saturated rings. The van der Waals surface area contributed by atoms with E-state index in [0.29, 0.717) is 39.3 Å². The van der Waals surface area contributed by atoms with Gasteiger partial charge in [0, 0.05) is 51.2 Å². The third kappa shape index (κ3) is 5.37. The van der Waals surface area contributed by atoms with Crippen molar-refractivity contribution in [1.29, 1.82) is 0 Å². The standard InChI is InChI=1S/C20H33N3O5/c1-2-27-20(26)23-11-9-22(10-12-23)19(25)16-7-5-15(6-8-16)18(24)21-14-17-4-3-13-28-17/h15-17H,2-14H2,1H3,(H,21,24). The largest absolute Gasteiger partial charge is 0.450 e. The molecule has 0 spiro atoms. The normalized spacial score (nSPS) is 28.1. The average Bonchev–Trinajstić information content (AvgIpc) is 3.25. The molecule has 0 aromatic carbocycles. The number of ether oxygens (including phenoxy) is 2. The first kappa shape index (κ1) is 20.9. The van der Waals surface area contributed by atoms with Crippen molar-refractivity contribution in [3.8, 4) is 0 Å². The third-order valence-electron chi connectivity index (χ3n) is 6.09. The fraction of sp³-hybridized carbons (Fsp3) is 0.850. The van der Waals surface area contributed by atoms with Gasteiger partial charge in [-0.3, -0.25) is 9.59 Å². The molecular formula is C20H33N3O5. The van der Waals surface area contributed by atoms with E-state index in [9.17, 15) is 14.4 Å². The number of hydrogen-bond acceptors (Lipinski definition) is 5. The maximum atomic E-state index is 12.8. The predicted octanol–water partition coefficient (Wildman–Crippen LogP) is 1.39. The smallest absolute Gasteiger partial charge is 0.409 e. The maximum absolute atomic E-state index is 12.8. The maximum Gasteiger partial charge on any atom is 0.409 e. The Morgan fingerprint density at radius 3 is 2.21 bits per heavy atom. The van der Waals surface area contributed by atoms with Gasteiger partial charge in [0.25, 0.3) is 0 Å². The molecule has 0 aromatic heterocycles. The lowest BCUT2D eigenvalue weighted by atomic mass is 9.80. The van der Waals surface area contributed by atoms with Crippen molar-refractivity contribution in [2.45, 2.75) is 51.6 Å². The average molecular weight is 396 g/mol. The van der Waals surface area contributed by atoms with E-state index in [4.69, 9.17) is 9.47 Å². The predicted molar refractivity (Wildman–Crippen MR) is 103 cm³/mol. The van der Waals surface area contributed by atoms with Crippen LogP contribution in [0.15, 0.2) is 0 Å². The zero-order valence-corrected chi connectivity index (χ0v) is 16.9. The van der Waals surface area contributed by atoms with E-state index in [1.807, 2.05) is 4.90 Å². The Bertz CT molecular complexity index is 548. The first-order valence-electron chi connectivity index (χ1n) is 10.7. The fourth-order valence-electron chi connectivity index (χ4n) is 4.35.